The van der Waals surface area contributed by atoms with Crippen LogP contribution in [0.2, 0.25) is 0 Å². The SMILES string of the molecule is O=C(CCOCCOCCOCCOCCOCCOCCOCCOCCOCCOCCC(=O)NCCCC[C@H](NC(=O)[C@@H]1C[C@@H](NC(=O)c2cn[nH]n2)CN1C(=O)c1cnoc1C1CC1)C(=O)O)NCCCC[C@H](NC(=O)[C@@H]1C[C@@H](NC(=O)c2cn[nH]n2)CN1C(=O)c1cnoc1C1CC1)C(=O)O. The van der Waals surface area contributed by atoms with Crippen molar-refractivity contribution in [2.75, 3.05) is 158 Å². The van der Waals surface area contributed by atoms with Gasteiger partial charge in [-0.25, -0.2) is 9.59 Å². The molecule has 6 heterocycles. The highest BCUT2D eigenvalue weighted by Gasteiger charge is 2.46. The Bertz CT molecular complexity index is 3120. The first-order valence-corrected chi connectivity index (χ1v) is 35.9. The number of rotatable bonds is 57. The average Bonchev–Trinajstić information content (AvgIpc) is 1.65. The molecule has 40 heteroatoms. The van der Waals surface area contributed by atoms with Gasteiger partial charge < -0.3 is 108 Å². The molecule has 10 N–H and O–H groups in total. The summed E-state index contributed by atoms with van der Waals surface area (Å²) in [6, 6.07) is -6.04. The third kappa shape index (κ3) is 29.0. The van der Waals surface area contributed by atoms with Crippen LogP contribution in [0, 0.1) is 0 Å². The number of nitrogens with zero attached hydrogens (tertiary/aromatic N) is 8. The quantitative estimate of drug-likeness (QED) is 0.0238. The second-order valence-corrected chi connectivity index (χ2v) is 25.3. The number of carboxylic acid groups (broad SMARTS) is 2. The Morgan fingerprint density at radius 2 is 0.774 bits per heavy atom. The molecule has 4 fully saturated rings. The van der Waals surface area contributed by atoms with Crippen molar-refractivity contribution in [3.8, 4) is 0 Å². The summed E-state index contributed by atoms with van der Waals surface area (Å²) in [5.74, 6) is -5.53. The normalized spacial score (nSPS) is 17.6. The van der Waals surface area contributed by atoms with Gasteiger partial charge in [-0.05, 0) is 77.0 Å². The van der Waals surface area contributed by atoms with Crippen LogP contribution in [-0.2, 0) is 76.1 Å². The highest BCUT2D eigenvalue weighted by atomic mass is 16.6. The number of ether oxygens (including phenoxy) is 10. The van der Waals surface area contributed by atoms with E-state index in [1.807, 2.05) is 0 Å². The monoisotopic (exact) mass is 1500 g/mol. The fourth-order valence-electron chi connectivity index (χ4n) is 11.4. The second kappa shape index (κ2) is 46.2. The van der Waals surface area contributed by atoms with Crippen molar-refractivity contribution < 1.29 is 115 Å². The largest absolute Gasteiger partial charge is 0.480 e. The number of carbonyl (C=O) groups excluding carboxylic acids is 8. The van der Waals surface area contributed by atoms with Crippen LogP contribution in [0.4, 0.5) is 0 Å². The predicted octanol–water partition coefficient (Wildman–Crippen LogP) is -0.962. The van der Waals surface area contributed by atoms with E-state index in [0.717, 1.165) is 25.7 Å². The Morgan fingerprint density at radius 3 is 1.07 bits per heavy atom. The van der Waals surface area contributed by atoms with Crippen molar-refractivity contribution in [3.63, 3.8) is 0 Å². The van der Waals surface area contributed by atoms with Crippen LogP contribution in [0.1, 0.15) is 155 Å². The summed E-state index contributed by atoms with van der Waals surface area (Å²) < 4.78 is 65.9. The molecule has 8 amide bonds. The van der Waals surface area contributed by atoms with Gasteiger partial charge in [-0.1, -0.05) is 10.3 Å². The predicted molar refractivity (Wildman–Crippen MR) is 361 cm³/mol. The molecule has 106 heavy (non-hydrogen) atoms. The van der Waals surface area contributed by atoms with Crippen LogP contribution in [0.15, 0.2) is 33.8 Å². The van der Waals surface area contributed by atoms with Crippen molar-refractivity contribution in [3.05, 3.63) is 58.8 Å². The standard InChI is InChI=1S/C66H98N16O24/c83-55(67-13-3-1-5-49(65(91)92)75-61(87)53-35-45(73-59(85)51-39-69-79-77-51)41-81(53)63(89)47-37-71-105-57(47)43-7-8-43)11-15-95-17-19-97-21-23-99-25-27-101-29-31-103-33-34-104-32-30-102-28-26-100-24-22-98-20-18-96-16-12-56(84)68-14-4-2-6-50(66(93)94)76-62(88)54-36-46(74-60(86)52-40-70-80-78-52)42-82(54)64(90)48-38-72-106-58(48)44-9-10-44/h37-40,43-46,49-50,53-54H,1-36,41-42H2,(H,67,83)(H,68,84)(H,73,85)(H,74,86)(H,75,87)(H,76,88)(H,91,92)(H,93,94)(H,69,77,79)(H,70,78,80)/t45-,46-,49+,50+,53+,54+/m1/s1. The molecule has 0 unspecified atom stereocenters. The Balaban J connectivity index is 0.516. The molecule has 0 spiro atoms. The van der Waals surface area contributed by atoms with E-state index in [1.165, 1.54) is 34.6 Å². The first-order chi connectivity index (χ1) is 51.6. The van der Waals surface area contributed by atoms with Gasteiger partial charge in [0.1, 0.15) is 35.3 Å². The molecule has 4 aromatic heterocycles. The van der Waals surface area contributed by atoms with Crippen molar-refractivity contribution in [1.29, 1.82) is 0 Å². The molecule has 0 bridgehead atoms. The van der Waals surface area contributed by atoms with Crippen molar-refractivity contribution in [1.82, 2.24) is 82.8 Å². The first kappa shape index (κ1) is 82.7. The van der Waals surface area contributed by atoms with Gasteiger partial charge in [0.25, 0.3) is 23.6 Å². The molecule has 2 aliphatic heterocycles. The number of aromatic nitrogens is 8. The number of likely N-dealkylation sites (tertiary alicyclic amines) is 2. The first-order valence-electron chi connectivity index (χ1n) is 35.9. The van der Waals surface area contributed by atoms with Crippen molar-refractivity contribution >= 4 is 59.2 Å². The summed E-state index contributed by atoms with van der Waals surface area (Å²) in [6.07, 6.45) is 10.5. The zero-order valence-corrected chi connectivity index (χ0v) is 59.3. The zero-order chi connectivity index (χ0) is 75.1. The summed E-state index contributed by atoms with van der Waals surface area (Å²) in [6.45, 7) is 7.45. The molecule has 0 aromatic carbocycles. The lowest BCUT2D eigenvalue weighted by Gasteiger charge is -2.25. The maximum absolute atomic E-state index is 13.8. The second-order valence-electron chi connectivity index (χ2n) is 25.3. The number of unbranched alkanes of at least 4 members (excludes halogenated alkanes) is 2. The van der Waals surface area contributed by atoms with Gasteiger partial charge in [-0.3, -0.25) is 38.4 Å². The van der Waals surface area contributed by atoms with Gasteiger partial charge in [-0.2, -0.15) is 30.8 Å². The third-order valence-electron chi connectivity index (χ3n) is 17.3. The Labute approximate surface area is 609 Å². The number of hydrogen-bond acceptors (Lipinski definition) is 28. The number of carbonyl (C=O) groups is 10. The van der Waals surface area contributed by atoms with E-state index in [1.54, 1.807) is 0 Å². The molecule has 4 aliphatic rings. The van der Waals surface area contributed by atoms with Gasteiger partial charge in [0.15, 0.2) is 22.9 Å². The highest BCUT2D eigenvalue weighted by molar-refractivity contribution is 6.01. The fourth-order valence-corrected chi connectivity index (χ4v) is 11.4. The third-order valence-corrected chi connectivity index (χ3v) is 17.3. The molecule has 2 saturated carbocycles. The Morgan fingerprint density at radius 1 is 0.453 bits per heavy atom. The minimum Gasteiger partial charge on any atom is -0.480 e. The number of nitrogens with one attached hydrogen (secondary N) is 8. The number of aromatic amines is 2. The summed E-state index contributed by atoms with van der Waals surface area (Å²) in [5, 5.41) is 63.4. The van der Waals surface area contributed by atoms with Crippen LogP contribution in [0.25, 0.3) is 0 Å². The maximum atomic E-state index is 13.8. The van der Waals surface area contributed by atoms with Crippen LogP contribution in [0.5, 0.6) is 0 Å². The minimum atomic E-state index is -1.27. The molecule has 8 rings (SSSR count). The number of amides is 8. The van der Waals surface area contributed by atoms with E-state index in [9.17, 15) is 58.2 Å². The van der Waals surface area contributed by atoms with E-state index in [4.69, 9.17) is 56.4 Å². The van der Waals surface area contributed by atoms with Gasteiger partial charge in [-0.15, -0.1) is 0 Å². The van der Waals surface area contributed by atoms with Crippen LogP contribution >= 0.6 is 0 Å². The highest BCUT2D eigenvalue weighted by Crippen LogP contribution is 2.43. The average molecular weight is 1500 g/mol. The molecule has 6 atom stereocenters. The number of aliphatic carboxylic acids is 2. The fraction of sp³-hybridized carbons (Fsp3) is 0.697. The summed E-state index contributed by atoms with van der Waals surface area (Å²) in [7, 11) is 0. The summed E-state index contributed by atoms with van der Waals surface area (Å²) >= 11 is 0. The number of H-pyrrole nitrogens is 2. The lowest BCUT2D eigenvalue weighted by molar-refractivity contribution is -0.143. The smallest absolute Gasteiger partial charge is 0.326 e. The molecule has 586 valence electrons. The topological polar surface area (TPSA) is 517 Å². The Kier molecular flexibility index (Phi) is 36.0. The van der Waals surface area contributed by atoms with Gasteiger partial charge >= 0.3 is 11.9 Å². The maximum Gasteiger partial charge on any atom is 0.326 e. The molecular formula is C66H98N16O24. The van der Waals surface area contributed by atoms with Crippen molar-refractivity contribution in [2.45, 2.75) is 138 Å². The van der Waals surface area contributed by atoms with Gasteiger partial charge in [0, 0.05) is 62.9 Å². The number of hydrogen-bond donors (Lipinski definition) is 10. The van der Waals surface area contributed by atoms with E-state index in [-0.39, 0.29) is 137 Å². The number of carboxylic acids is 2. The van der Waals surface area contributed by atoms with E-state index < -0.39 is 83.6 Å². The summed E-state index contributed by atoms with van der Waals surface area (Å²) in [4.78, 5) is 132. The van der Waals surface area contributed by atoms with Crippen molar-refractivity contribution in [2.24, 2.45) is 0 Å². The van der Waals surface area contributed by atoms with Crippen LogP contribution < -0.4 is 31.9 Å². The molecule has 4 aromatic rings. The molecule has 2 saturated heterocycles. The van der Waals surface area contributed by atoms with Crippen LogP contribution in [0.3, 0.4) is 0 Å². The van der Waals surface area contributed by atoms with E-state index in [0.29, 0.717) is 143 Å². The van der Waals surface area contributed by atoms with E-state index >= 15 is 0 Å². The Hall–Kier alpha value is -9.00. The minimum absolute atomic E-state index is 0.0198. The lowest BCUT2D eigenvalue weighted by atomic mass is 10.1. The lowest BCUT2D eigenvalue weighted by Crippen LogP contribution is -2.51. The van der Waals surface area contributed by atoms with Crippen LogP contribution in [-0.4, -0.2) is 315 Å². The molecule has 2 aliphatic carbocycles. The molecular weight excluding hydrogens is 1400 g/mol. The van der Waals surface area contributed by atoms with Gasteiger partial charge in [0.2, 0.25) is 23.6 Å². The zero-order valence-electron chi connectivity index (χ0n) is 59.3. The molecule has 0 radical (unpaired) electrons. The van der Waals surface area contributed by atoms with Gasteiger partial charge in [0.05, 0.1) is 157 Å². The molecule has 40 nitrogen and oxygen atoms in total. The summed E-state index contributed by atoms with van der Waals surface area (Å²) in [5.41, 5.74) is 0.482. The van der Waals surface area contributed by atoms with E-state index in [2.05, 4.69) is 73.0 Å².